The lowest BCUT2D eigenvalue weighted by molar-refractivity contribution is -0.131. The van der Waals surface area contributed by atoms with Crippen LogP contribution in [0.2, 0.25) is 0 Å². The van der Waals surface area contributed by atoms with Gasteiger partial charge in [-0.05, 0) is 66.6 Å². The Kier molecular flexibility index (Phi) is 4.36. The van der Waals surface area contributed by atoms with E-state index in [1.165, 1.54) is 5.56 Å². The summed E-state index contributed by atoms with van der Waals surface area (Å²) >= 11 is 1.69. The summed E-state index contributed by atoms with van der Waals surface area (Å²) < 4.78 is 0. The van der Waals surface area contributed by atoms with Crippen molar-refractivity contribution in [2.45, 2.75) is 51.2 Å². The average Bonchev–Trinajstić information content (AvgIpc) is 2.93. The fourth-order valence-electron chi connectivity index (χ4n) is 4.75. The van der Waals surface area contributed by atoms with Crippen molar-refractivity contribution in [3.63, 3.8) is 0 Å². The van der Waals surface area contributed by atoms with Crippen LogP contribution >= 0.6 is 11.3 Å². The molecule has 3 aliphatic rings. The molecule has 3 fully saturated rings. The van der Waals surface area contributed by atoms with Gasteiger partial charge in [-0.2, -0.15) is 11.3 Å². The van der Waals surface area contributed by atoms with Gasteiger partial charge in [0.05, 0.1) is 6.04 Å². The van der Waals surface area contributed by atoms with Crippen LogP contribution in [0, 0.1) is 5.41 Å². The molecule has 2 unspecified atom stereocenters. The Bertz CT molecular complexity index is 652. The van der Waals surface area contributed by atoms with Gasteiger partial charge in [0.2, 0.25) is 11.8 Å². The van der Waals surface area contributed by atoms with Crippen molar-refractivity contribution >= 4 is 23.2 Å². The zero-order chi connectivity index (χ0) is 17.6. The number of thiophene rings is 1. The molecule has 6 heteroatoms. The largest absolute Gasteiger partial charge is 0.344 e. The highest BCUT2D eigenvalue weighted by molar-refractivity contribution is 7.07. The van der Waals surface area contributed by atoms with E-state index < -0.39 is 0 Å². The second kappa shape index (κ2) is 6.40. The molecule has 2 amide bonds. The van der Waals surface area contributed by atoms with Crippen LogP contribution in [0.1, 0.15) is 38.2 Å². The third-order valence-electron chi connectivity index (χ3n) is 6.49. The summed E-state index contributed by atoms with van der Waals surface area (Å²) in [6, 6.07) is 2.59. The van der Waals surface area contributed by atoms with E-state index in [1.807, 2.05) is 11.9 Å². The summed E-state index contributed by atoms with van der Waals surface area (Å²) in [6.45, 7) is 5.30. The number of hydrogen-bond acceptors (Lipinski definition) is 4. The van der Waals surface area contributed by atoms with Crippen molar-refractivity contribution in [2.24, 2.45) is 5.41 Å². The number of nitrogens with zero attached hydrogens (tertiary/aromatic N) is 3. The molecule has 1 aliphatic carbocycles. The maximum absolute atomic E-state index is 12.3. The van der Waals surface area contributed by atoms with E-state index in [-0.39, 0.29) is 17.9 Å². The van der Waals surface area contributed by atoms with Crippen LogP contribution in [0.15, 0.2) is 16.8 Å². The number of rotatable bonds is 4. The van der Waals surface area contributed by atoms with Gasteiger partial charge in [0, 0.05) is 33.1 Å². The lowest BCUT2D eigenvalue weighted by Crippen LogP contribution is -2.47. The molecule has 1 aromatic heterocycles. The Balaban J connectivity index is 1.37. The van der Waals surface area contributed by atoms with Crippen molar-refractivity contribution in [1.82, 2.24) is 14.7 Å². The SMILES string of the molecule is CC(=O)N(Cc1ccsc1)C1CC12CCN(C1CCN(C)C1=O)CC2. The second-order valence-corrected chi connectivity index (χ2v) is 8.74. The monoisotopic (exact) mass is 361 g/mol. The Morgan fingerprint density at radius 2 is 2.12 bits per heavy atom. The maximum Gasteiger partial charge on any atom is 0.239 e. The number of amides is 2. The first-order valence-electron chi connectivity index (χ1n) is 9.27. The molecule has 4 rings (SSSR count). The minimum atomic E-state index is 0.0919. The van der Waals surface area contributed by atoms with Gasteiger partial charge in [-0.15, -0.1) is 0 Å². The van der Waals surface area contributed by atoms with Crippen molar-refractivity contribution in [1.29, 1.82) is 0 Å². The Morgan fingerprint density at radius 3 is 2.68 bits per heavy atom. The first-order chi connectivity index (χ1) is 12.0. The van der Waals surface area contributed by atoms with Gasteiger partial charge in [0.1, 0.15) is 0 Å². The quantitative estimate of drug-likeness (QED) is 0.826. The smallest absolute Gasteiger partial charge is 0.239 e. The zero-order valence-corrected chi connectivity index (χ0v) is 15.9. The fraction of sp³-hybridized carbons (Fsp3) is 0.684. The molecule has 1 saturated carbocycles. The van der Waals surface area contributed by atoms with E-state index >= 15 is 0 Å². The molecular weight excluding hydrogens is 334 g/mol. The second-order valence-electron chi connectivity index (χ2n) is 7.96. The molecular formula is C19H27N3O2S. The van der Waals surface area contributed by atoms with Crippen molar-refractivity contribution in [3.8, 4) is 0 Å². The van der Waals surface area contributed by atoms with Crippen LogP contribution in [-0.4, -0.2) is 65.3 Å². The minimum absolute atomic E-state index is 0.0919. The molecule has 25 heavy (non-hydrogen) atoms. The van der Waals surface area contributed by atoms with Crippen LogP contribution in [0.4, 0.5) is 0 Å². The molecule has 0 bridgehead atoms. The van der Waals surface area contributed by atoms with E-state index in [4.69, 9.17) is 0 Å². The maximum atomic E-state index is 12.3. The summed E-state index contributed by atoms with van der Waals surface area (Å²) in [6.07, 6.45) is 4.31. The molecule has 1 spiro atoms. The van der Waals surface area contributed by atoms with Crippen LogP contribution in [0.3, 0.4) is 0 Å². The van der Waals surface area contributed by atoms with Gasteiger partial charge in [0.15, 0.2) is 0 Å². The average molecular weight is 362 g/mol. The molecule has 2 aliphatic heterocycles. The lowest BCUT2D eigenvalue weighted by atomic mass is 9.91. The zero-order valence-electron chi connectivity index (χ0n) is 15.1. The first kappa shape index (κ1) is 17.0. The number of likely N-dealkylation sites (tertiary alicyclic amines) is 2. The highest BCUT2D eigenvalue weighted by Gasteiger charge is 2.58. The van der Waals surface area contributed by atoms with E-state index in [0.717, 1.165) is 51.9 Å². The number of carbonyl (C=O) groups excluding carboxylic acids is 2. The van der Waals surface area contributed by atoms with Crippen LogP contribution in [0.5, 0.6) is 0 Å². The molecule has 136 valence electrons. The summed E-state index contributed by atoms with van der Waals surface area (Å²) in [5.74, 6) is 0.467. The molecule has 3 heterocycles. The predicted octanol–water partition coefficient (Wildman–Crippen LogP) is 2.18. The highest BCUT2D eigenvalue weighted by Crippen LogP contribution is 2.57. The van der Waals surface area contributed by atoms with Crippen LogP contribution in [-0.2, 0) is 16.1 Å². The fourth-order valence-corrected chi connectivity index (χ4v) is 5.41. The Hall–Kier alpha value is -1.40. The summed E-state index contributed by atoms with van der Waals surface area (Å²) in [5.41, 5.74) is 1.53. The molecule has 2 atom stereocenters. The van der Waals surface area contributed by atoms with E-state index in [1.54, 1.807) is 18.3 Å². The lowest BCUT2D eigenvalue weighted by Gasteiger charge is -2.37. The normalized spacial score (nSPS) is 28.6. The van der Waals surface area contributed by atoms with Gasteiger partial charge in [-0.3, -0.25) is 14.5 Å². The minimum Gasteiger partial charge on any atom is -0.344 e. The molecule has 2 saturated heterocycles. The topological polar surface area (TPSA) is 43.9 Å². The van der Waals surface area contributed by atoms with Gasteiger partial charge >= 0.3 is 0 Å². The number of hydrogen-bond donors (Lipinski definition) is 0. The van der Waals surface area contributed by atoms with Gasteiger partial charge in [-0.25, -0.2) is 0 Å². The van der Waals surface area contributed by atoms with E-state index in [0.29, 0.717) is 11.5 Å². The number of carbonyl (C=O) groups is 2. The number of piperidine rings is 1. The van der Waals surface area contributed by atoms with Gasteiger partial charge in [0.25, 0.3) is 0 Å². The van der Waals surface area contributed by atoms with Crippen LogP contribution < -0.4 is 0 Å². The molecule has 0 N–H and O–H groups in total. The Morgan fingerprint density at radius 1 is 1.36 bits per heavy atom. The van der Waals surface area contributed by atoms with Crippen molar-refractivity contribution < 1.29 is 9.59 Å². The molecule has 0 radical (unpaired) electrons. The molecule has 0 aromatic carbocycles. The summed E-state index contributed by atoms with van der Waals surface area (Å²) in [7, 11) is 1.90. The highest BCUT2D eigenvalue weighted by atomic mass is 32.1. The van der Waals surface area contributed by atoms with E-state index in [9.17, 15) is 9.59 Å². The summed E-state index contributed by atoms with van der Waals surface area (Å²) in [5, 5.41) is 4.21. The standard InChI is InChI=1S/C19H27N3O2S/c1-14(23)22(12-15-4-10-25-13-15)17-11-19(17)5-8-21(9-6-19)16-3-7-20(2)18(16)24/h4,10,13,16-17H,3,5-9,11-12H2,1-2H3. The third-order valence-corrected chi connectivity index (χ3v) is 7.23. The first-order valence-corrected chi connectivity index (χ1v) is 10.2. The number of likely N-dealkylation sites (N-methyl/N-ethyl adjacent to an activating group) is 1. The molecule has 5 nitrogen and oxygen atoms in total. The van der Waals surface area contributed by atoms with Crippen molar-refractivity contribution in [2.75, 3.05) is 26.7 Å². The van der Waals surface area contributed by atoms with Gasteiger partial charge in [-0.1, -0.05) is 0 Å². The Labute approximate surface area is 153 Å². The predicted molar refractivity (Wildman–Crippen MR) is 98.2 cm³/mol. The molecule has 1 aromatic rings. The summed E-state index contributed by atoms with van der Waals surface area (Å²) in [4.78, 5) is 30.8. The van der Waals surface area contributed by atoms with Gasteiger partial charge < -0.3 is 9.80 Å². The van der Waals surface area contributed by atoms with Crippen LogP contribution in [0.25, 0.3) is 0 Å². The van der Waals surface area contributed by atoms with E-state index in [2.05, 4.69) is 26.6 Å². The van der Waals surface area contributed by atoms with Crippen molar-refractivity contribution in [3.05, 3.63) is 22.4 Å². The third kappa shape index (κ3) is 3.10.